The summed E-state index contributed by atoms with van der Waals surface area (Å²) in [5.74, 6) is -0.165. The van der Waals surface area contributed by atoms with Crippen LogP contribution in [-0.2, 0) is 16.1 Å². The highest BCUT2D eigenvalue weighted by Crippen LogP contribution is 2.32. The van der Waals surface area contributed by atoms with Crippen LogP contribution in [0.3, 0.4) is 0 Å². The molecule has 1 atom stereocenters. The topological polar surface area (TPSA) is 53.5 Å². The Morgan fingerprint density at radius 1 is 1.00 bits per heavy atom. The second kappa shape index (κ2) is 7.09. The number of benzene rings is 1. The number of carbonyl (C=O) groups excluding carboxylic acids is 2. The lowest BCUT2D eigenvalue weighted by Crippen LogP contribution is -2.55. The second-order valence-electron chi connectivity index (χ2n) is 6.04. The number of rotatable bonds is 4. The average molecular weight is 363 g/mol. The molecule has 0 spiro atoms. The van der Waals surface area contributed by atoms with Crippen LogP contribution < -0.4 is 4.90 Å². The van der Waals surface area contributed by atoms with Crippen molar-refractivity contribution in [3.05, 3.63) is 82.8 Å². The van der Waals surface area contributed by atoms with E-state index in [0.717, 1.165) is 16.1 Å². The number of hydrogen-bond donors (Lipinski definition) is 0. The van der Waals surface area contributed by atoms with Gasteiger partial charge in [0.25, 0.3) is 5.91 Å². The molecule has 1 aliphatic heterocycles. The van der Waals surface area contributed by atoms with Crippen molar-refractivity contribution < 1.29 is 9.59 Å². The summed E-state index contributed by atoms with van der Waals surface area (Å²) in [6.07, 6.45) is 3.30. The fraction of sp³-hybridized carbons (Fsp3) is 0.150. The Bertz CT molecular complexity index is 897. The fourth-order valence-electron chi connectivity index (χ4n) is 3.17. The van der Waals surface area contributed by atoms with Crippen LogP contribution in [0.5, 0.6) is 0 Å². The first-order valence-electron chi connectivity index (χ1n) is 8.32. The average Bonchev–Trinajstić information content (AvgIpc) is 3.19. The van der Waals surface area contributed by atoms with Gasteiger partial charge in [-0.05, 0) is 41.3 Å². The van der Waals surface area contributed by atoms with Crippen molar-refractivity contribution >= 4 is 28.8 Å². The third kappa shape index (κ3) is 3.11. The zero-order valence-corrected chi connectivity index (χ0v) is 14.8. The Hall–Kier alpha value is -2.99. The lowest BCUT2D eigenvalue weighted by molar-refractivity contribution is -0.144. The van der Waals surface area contributed by atoms with Gasteiger partial charge in [-0.1, -0.05) is 24.3 Å². The number of para-hydroxylation sites is 1. The Kier molecular flexibility index (Phi) is 4.50. The van der Waals surface area contributed by atoms with E-state index in [1.807, 2.05) is 47.8 Å². The van der Waals surface area contributed by atoms with Gasteiger partial charge in [-0.15, -0.1) is 11.3 Å². The number of amides is 2. The minimum absolute atomic E-state index is 0.0514. The maximum absolute atomic E-state index is 13.3. The van der Waals surface area contributed by atoms with Crippen molar-refractivity contribution in [2.45, 2.75) is 12.6 Å². The molecule has 4 rings (SSSR count). The Morgan fingerprint density at radius 3 is 2.46 bits per heavy atom. The van der Waals surface area contributed by atoms with Gasteiger partial charge in [-0.3, -0.25) is 14.6 Å². The van der Waals surface area contributed by atoms with Crippen LogP contribution in [-0.4, -0.2) is 28.2 Å². The van der Waals surface area contributed by atoms with Gasteiger partial charge in [-0.2, -0.15) is 0 Å². The third-order valence-corrected chi connectivity index (χ3v) is 5.28. The SMILES string of the molecule is O=C1[C@@H](c2ccncc2)N(Cc2cccs2)C(=O)CN1c1ccccc1. The van der Waals surface area contributed by atoms with Crippen LogP contribution in [0.2, 0.25) is 0 Å². The van der Waals surface area contributed by atoms with E-state index in [-0.39, 0.29) is 18.4 Å². The number of piperazine rings is 1. The summed E-state index contributed by atoms with van der Waals surface area (Å²) in [4.78, 5) is 34.6. The van der Waals surface area contributed by atoms with Crippen LogP contribution in [0.1, 0.15) is 16.5 Å². The molecule has 6 heteroatoms. The molecule has 130 valence electrons. The number of anilines is 1. The molecule has 1 aliphatic rings. The van der Waals surface area contributed by atoms with Gasteiger partial charge in [-0.25, -0.2) is 0 Å². The summed E-state index contributed by atoms with van der Waals surface area (Å²) in [6.45, 7) is 0.480. The number of thiophene rings is 1. The molecule has 2 amide bonds. The van der Waals surface area contributed by atoms with E-state index in [1.165, 1.54) is 0 Å². The number of nitrogens with zero attached hydrogens (tertiary/aromatic N) is 3. The largest absolute Gasteiger partial charge is 0.320 e. The van der Waals surface area contributed by atoms with Gasteiger partial charge in [0.1, 0.15) is 12.6 Å². The number of aromatic nitrogens is 1. The van der Waals surface area contributed by atoms with E-state index in [2.05, 4.69) is 4.98 Å². The zero-order chi connectivity index (χ0) is 17.9. The van der Waals surface area contributed by atoms with E-state index in [9.17, 15) is 9.59 Å². The monoisotopic (exact) mass is 363 g/mol. The van der Waals surface area contributed by atoms with E-state index >= 15 is 0 Å². The summed E-state index contributed by atoms with van der Waals surface area (Å²) >= 11 is 1.58. The molecule has 0 radical (unpaired) electrons. The van der Waals surface area contributed by atoms with Gasteiger partial charge in [0, 0.05) is 23.0 Å². The van der Waals surface area contributed by atoms with Crippen molar-refractivity contribution in [3.8, 4) is 0 Å². The second-order valence-corrected chi connectivity index (χ2v) is 7.08. The first kappa shape index (κ1) is 16.5. The molecule has 0 saturated carbocycles. The molecule has 1 fully saturated rings. The van der Waals surface area contributed by atoms with Crippen LogP contribution >= 0.6 is 11.3 Å². The van der Waals surface area contributed by atoms with Gasteiger partial charge in [0.2, 0.25) is 5.91 Å². The minimum atomic E-state index is -0.651. The third-order valence-electron chi connectivity index (χ3n) is 4.42. The van der Waals surface area contributed by atoms with Crippen molar-refractivity contribution in [1.29, 1.82) is 0 Å². The van der Waals surface area contributed by atoms with Gasteiger partial charge >= 0.3 is 0 Å². The molecule has 3 aromatic rings. The molecule has 0 aliphatic carbocycles. The summed E-state index contributed by atoms with van der Waals surface area (Å²) in [5.41, 5.74) is 1.51. The first-order chi connectivity index (χ1) is 12.7. The van der Waals surface area contributed by atoms with Gasteiger partial charge < -0.3 is 9.80 Å². The molecule has 5 nitrogen and oxygen atoms in total. The fourth-order valence-corrected chi connectivity index (χ4v) is 3.88. The normalized spacial score (nSPS) is 17.6. The smallest absolute Gasteiger partial charge is 0.254 e. The summed E-state index contributed by atoms with van der Waals surface area (Å²) in [5, 5.41) is 1.98. The zero-order valence-electron chi connectivity index (χ0n) is 14.0. The Balaban J connectivity index is 1.73. The number of pyridine rings is 1. The molecule has 3 heterocycles. The maximum Gasteiger partial charge on any atom is 0.254 e. The van der Waals surface area contributed by atoms with Crippen molar-refractivity contribution in [1.82, 2.24) is 9.88 Å². The molecule has 2 aromatic heterocycles. The van der Waals surface area contributed by atoms with E-state index in [4.69, 9.17) is 0 Å². The van der Waals surface area contributed by atoms with Crippen molar-refractivity contribution in [2.75, 3.05) is 11.4 Å². The summed E-state index contributed by atoms with van der Waals surface area (Å²) in [7, 11) is 0. The molecule has 26 heavy (non-hydrogen) atoms. The predicted octanol–water partition coefficient (Wildman–Crippen LogP) is 3.26. The van der Waals surface area contributed by atoms with Gasteiger partial charge in [0.15, 0.2) is 0 Å². The van der Waals surface area contributed by atoms with Crippen LogP contribution in [0.25, 0.3) is 0 Å². The number of carbonyl (C=O) groups is 2. The van der Waals surface area contributed by atoms with E-state index in [1.54, 1.807) is 45.7 Å². The highest BCUT2D eigenvalue weighted by molar-refractivity contribution is 7.09. The quantitative estimate of drug-likeness (QED) is 0.715. The minimum Gasteiger partial charge on any atom is -0.320 e. The molecule has 0 N–H and O–H groups in total. The Labute approximate surface area is 155 Å². The van der Waals surface area contributed by atoms with Crippen LogP contribution in [0, 0.1) is 0 Å². The van der Waals surface area contributed by atoms with Gasteiger partial charge in [0.05, 0.1) is 6.54 Å². The molecule has 1 saturated heterocycles. The van der Waals surface area contributed by atoms with E-state index < -0.39 is 6.04 Å². The summed E-state index contributed by atoms with van der Waals surface area (Å²) < 4.78 is 0. The van der Waals surface area contributed by atoms with Crippen molar-refractivity contribution in [3.63, 3.8) is 0 Å². The maximum atomic E-state index is 13.3. The van der Waals surface area contributed by atoms with Crippen LogP contribution in [0.4, 0.5) is 5.69 Å². The highest BCUT2D eigenvalue weighted by atomic mass is 32.1. The summed E-state index contributed by atoms with van der Waals surface area (Å²) in [6, 6.07) is 16.2. The molecule has 1 aromatic carbocycles. The lowest BCUT2D eigenvalue weighted by Gasteiger charge is -2.40. The highest BCUT2D eigenvalue weighted by Gasteiger charge is 2.40. The van der Waals surface area contributed by atoms with E-state index in [0.29, 0.717) is 6.54 Å². The molecular weight excluding hydrogens is 346 g/mol. The number of hydrogen-bond acceptors (Lipinski definition) is 4. The molecular formula is C20H17N3O2S. The standard InChI is InChI=1S/C20H17N3O2S/c24-18-14-22(16-5-2-1-3-6-16)20(25)19(15-8-10-21-11-9-15)23(18)13-17-7-4-12-26-17/h1-12,19H,13-14H2/t19-/m1/s1. The predicted molar refractivity (Wildman–Crippen MR) is 101 cm³/mol. The van der Waals surface area contributed by atoms with Crippen LogP contribution in [0.15, 0.2) is 72.4 Å². The first-order valence-corrected chi connectivity index (χ1v) is 9.20. The Morgan fingerprint density at radius 2 is 1.77 bits per heavy atom. The molecule has 0 bridgehead atoms. The van der Waals surface area contributed by atoms with Crippen molar-refractivity contribution in [2.24, 2.45) is 0 Å². The lowest BCUT2D eigenvalue weighted by atomic mass is 10.0. The molecule has 0 unspecified atom stereocenters.